The Hall–Kier alpha value is -5.00. The van der Waals surface area contributed by atoms with Crippen molar-refractivity contribution in [2.45, 2.75) is 57.4 Å². The normalized spacial score (nSPS) is 16.7. The standard InChI is InChI=1S/C38H37N5O7S3.C4H11N/c1-23(44)51-20-24-21-52-34-30(33(46)43(34)31(24)35(47)48)40-32(45)29(42-50-37(2,3)49-4)28-22-53-36(39-28)41-38(25-14-8-5-9-15-25,26-16-10-6-11-17-26)27-18-12-7-13-19-27;1-3-5-4-2/h5-19,22,30,34H,20-21H2,1-4H3,(H,39,41)(H,40,45)(H,47,48);5H,3-4H2,1-2H3/t30?,34-;/m1./s1. The molecule has 1 unspecified atom stereocenters. The van der Waals surface area contributed by atoms with Gasteiger partial charge in [-0.3, -0.25) is 19.3 Å². The van der Waals surface area contributed by atoms with Crippen LogP contribution in [0.25, 0.3) is 0 Å². The monoisotopic (exact) mass is 844 g/mol. The molecule has 1 aromatic heterocycles. The van der Waals surface area contributed by atoms with Crippen LogP contribution >= 0.6 is 34.9 Å². The molecule has 0 radical (unpaired) electrons. The molecule has 0 spiro atoms. The number of ether oxygens (including phenoxy) is 1. The van der Waals surface area contributed by atoms with Crippen LogP contribution < -0.4 is 16.0 Å². The molecule has 6 rings (SSSR count). The Balaban J connectivity index is 0.00000121. The molecule has 2 atom stereocenters. The number of benzene rings is 3. The molecule has 1 fully saturated rings. The van der Waals surface area contributed by atoms with Crippen LogP contribution in [0.4, 0.5) is 5.13 Å². The SMILES string of the molecule is CCNCC.COC(C)(C)ON=C(C(=O)NC1C(=O)N2C(C(=O)O)=C(CSC(C)=O)CS[C@H]12)c1csc(NC(c2ccccc2)(c2ccccc2)c2ccccc2)n1. The summed E-state index contributed by atoms with van der Waals surface area (Å²) in [5, 5.41) is 25.0. The number of nitrogens with one attached hydrogen (secondary N) is 3. The molecule has 13 nitrogen and oxygen atoms in total. The van der Waals surface area contributed by atoms with Gasteiger partial charge in [-0.05, 0) is 35.4 Å². The summed E-state index contributed by atoms with van der Waals surface area (Å²) in [6.45, 7) is 11.0. The summed E-state index contributed by atoms with van der Waals surface area (Å²) in [5.41, 5.74) is 2.28. The number of thioether (sulfide) groups is 2. The van der Waals surface area contributed by atoms with Crippen LogP contribution in [0, 0.1) is 0 Å². The van der Waals surface area contributed by atoms with E-state index in [0.717, 1.165) is 41.5 Å². The quantitative estimate of drug-likeness (QED) is 0.0328. The fraction of sp³-hybridized carbons (Fsp3) is 0.333. The minimum atomic E-state index is -1.27. The number of β-lactam (4-membered cyclic amide) rings is 1. The molecule has 2 aliphatic heterocycles. The zero-order chi connectivity index (χ0) is 41.9. The van der Waals surface area contributed by atoms with Crippen LogP contribution in [0.15, 0.2) is 113 Å². The van der Waals surface area contributed by atoms with E-state index >= 15 is 0 Å². The molecular formula is C42H48N6O7S3. The predicted molar refractivity (Wildman–Crippen MR) is 231 cm³/mol. The van der Waals surface area contributed by atoms with E-state index in [1.165, 1.54) is 42.0 Å². The van der Waals surface area contributed by atoms with E-state index in [2.05, 4.69) is 35.0 Å². The molecule has 4 N–H and O–H groups in total. The van der Waals surface area contributed by atoms with Crippen LogP contribution in [-0.4, -0.2) is 92.5 Å². The van der Waals surface area contributed by atoms with E-state index in [1.54, 1.807) is 19.2 Å². The first-order valence-corrected chi connectivity index (χ1v) is 21.5. The van der Waals surface area contributed by atoms with Crippen LogP contribution in [0.5, 0.6) is 0 Å². The predicted octanol–water partition coefficient (Wildman–Crippen LogP) is 6.28. The van der Waals surface area contributed by atoms with Crippen molar-refractivity contribution in [1.82, 2.24) is 20.5 Å². The zero-order valence-corrected chi connectivity index (χ0v) is 35.6. The van der Waals surface area contributed by atoms with Crippen LogP contribution in [0.3, 0.4) is 0 Å². The Morgan fingerprint density at radius 3 is 1.97 bits per heavy atom. The van der Waals surface area contributed by atoms with Gasteiger partial charge in [0.25, 0.3) is 11.8 Å². The lowest BCUT2D eigenvalue weighted by atomic mass is 9.77. The average Bonchev–Trinajstić information content (AvgIpc) is 3.70. The molecule has 3 heterocycles. The highest BCUT2D eigenvalue weighted by Crippen LogP contribution is 2.42. The lowest BCUT2D eigenvalue weighted by Crippen LogP contribution is -2.71. The fourth-order valence-corrected chi connectivity index (χ4v) is 9.06. The van der Waals surface area contributed by atoms with Gasteiger partial charge in [0.05, 0.1) is 0 Å². The summed E-state index contributed by atoms with van der Waals surface area (Å²) < 4.78 is 5.36. The van der Waals surface area contributed by atoms with E-state index in [1.807, 2.05) is 91.0 Å². The lowest BCUT2D eigenvalue weighted by Gasteiger charge is -2.49. The third-order valence-corrected chi connectivity index (χ3v) is 12.2. The summed E-state index contributed by atoms with van der Waals surface area (Å²) in [6, 6.07) is 28.9. The maximum absolute atomic E-state index is 14.0. The molecule has 3 aromatic carbocycles. The summed E-state index contributed by atoms with van der Waals surface area (Å²) in [5.74, 6) is -3.38. The molecule has 0 aliphatic carbocycles. The van der Waals surface area contributed by atoms with Crippen LogP contribution in [0.1, 0.15) is 57.0 Å². The van der Waals surface area contributed by atoms with Crippen molar-refractivity contribution in [3.63, 3.8) is 0 Å². The molecule has 2 aliphatic rings. The number of carbonyl (C=O) groups excluding carboxylic acids is 3. The molecular weight excluding hydrogens is 797 g/mol. The topological polar surface area (TPSA) is 172 Å². The maximum Gasteiger partial charge on any atom is 0.352 e. The van der Waals surface area contributed by atoms with Gasteiger partial charge in [0.15, 0.2) is 16.0 Å². The maximum atomic E-state index is 14.0. The van der Waals surface area contributed by atoms with E-state index in [4.69, 9.17) is 14.6 Å². The van der Waals surface area contributed by atoms with E-state index in [9.17, 15) is 24.3 Å². The van der Waals surface area contributed by atoms with Gasteiger partial charge in [0.1, 0.15) is 28.3 Å². The number of aliphatic carboxylic acids is 1. The minimum absolute atomic E-state index is 0.154. The first kappa shape index (κ1) is 44.1. The van der Waals surface area contributed by atoms with Crippen molar-refractivity contribution in [3.8, 4) is 0 Å². The van der Waals surface area contributed by atoms with Crippen molar-refractivity contribution in [2.24, 2.45) is 5.16 Å². The van der Waals surface area contributed by atoms with Crippen molar-refractivity contribution in [2.75, 3.05) is 37.0 Å². The largest absolute Gasteiger partial charge is 0.477 e. The van der Waals surface area contributed by atoms with Gasteiger partial charge in [-0.25, -0.2) is 9.78 Å². The summed E-state index contributed by atoms with van der Waals surface area (Å²) in [6.07, 6.45) is 0. The lowest BCUT2D eigenvalue weighted by molar-refractivity contribution is -0.197. The first-order valence-electron chi connectivity index (χ1n) is 18.6. The molecule has 0 bridgehead atoms. The van der Waals surface area contributed by atoms with Crippen molar-refractivity contribution < 1.29 is 33.9 Å². The number of oxime groups is 1. The smallest absolute Gasteiger partial charge is 0.352 e. The van der Waals surface area contributed by atoms with Crippen LogP contribution in [0.2, 0.25) is 0 Å². The second-order valence-electron chi connectivity index (χ2n) is 13.5. The fourth-order valence-electron chi connectivity index (χ4n) is 6.22. The van der Waals surface area contributed by atoms with Crippen molar-refractivity contribution >= 4 is 68.6 Å². The van der Waals surface area contributed by atoms with Gasteiger partial charge in [0.2, 0.25) is 5.79 Å². The second kappa shape index (κ2) is 20.1. The summed E-state index contributed by atoms with van der Waals surface area (Å²) in [4.78, 5) is 62.9. The number of hydrogen-bond acceptors (Lipinski definition) is 13. The Morgan fingerprint density at radius 2 is 1.50 bits per heavy atom. The van der Waals surface area contributed by atoms with E-state index in [0.29, 0.717) is 10.7 Å². The molecule has 16 heteroatoms. The number of carbonyl (C=O) groups is 4. The molecule has 58 heavy (non-hydrogen) atoms. The Labute approximate surface area is 351 Å². The Kier molecular flexibility index (Phi) is 15.3. The second-order valence-corrected chi connectivity index (χ2v) is 16.6. The van der Waals surface area contributed by atoms with Gasteiger partial charge in [-0.1, -0.05) is 122 Å². The Morgan fingerprint density at radius 1 is 0.948 bits per heavy atom. The summed E-state index contributed by atoms with van der Waals surface area (Å²) >= 11 is 3.56. The van der Waals surface area contributed by atoms with Gasteiger partial charge in [-0.2, -0.15) is 0 Å². The highest BCUT2D eigenvalue weighted by atomic mass is 32.2. The first-order chi connectivity index (χ1) is 27.9. The number of fused-ring (bicyclic) bond motifs is 1. The molecule has 0 saturated carbocycles. The Bertz CT molecular complexity index is 2010. The third-order valence-electron chi connectivity index (χ3n) is 9.21. The number of amides is 2. The van der Waals surface area contributed by atoms with Gasteiger partial charge < -0.3 is 30.6 Å². The minimum Gasteiger partial charge on any atom is -0.477 e. The number of thiazole rings is 1. The number of carboxylic acids is 1. The number of methoxy groups -OCH3 is 1. The number of nitrogens with zero attached hydrogens (tertiary/aromatic N) is 3. The average molecular weight is 845 g/mol. The number of aromatic nitrogens is 1. The number of hydrogen-bond donors (Lipinski definition) is 4. The number of anilines is 1. The van der Waals surface area contributed by atoms with Gasteiger partial charge in [0, 0.05) is 44.8 Å². The van der Waals surface area contributed by atoms with Crippen molar-refractivity contribution in [3.05, 3.63) is 130 Å². The van der Waals surface area contributed by atoms with E-state index < -0.39 is 40.5 Å². The highest BCUT2D eigenvalue weighted by molar-refractivity contribution is 8.13. The highest BCUT2D eigenvalue weighted by Gasteiger charge is 2.54. The molecule has 1 saturated heterocycles. The van der Waals surface area contributed by atoms with Crippen molar-refractivity contribution in [1.29, 1.82) is 0 Å². The molecule has 306 valence electrons. The van der Waals surface area contributed by atoms with Crippen LogP contribution in [-0.2, 0) is 34.3 Å². The summed E-state index contributed by atoms with van der Waals surface area (Å²) in [7, 11) is 1.44. The zero-order valence-electron chi connectivity index (χ0n) is 33.2. The number of rotatable bonds is 16. The van der Waals surface area contributed by atoms with E-state index in [-0.39, 0.29) is 33.7 Å². The van der Waals surface area contributed by atoms with Gasteiger partial charge in [-0.15, -0.1) is 23.1 Å². The number of carboxylic acid groups (broad SMARTS) is 1. The van der Waals surface area contributed by atoms with Gasteiger partial charge >= 0.3 is 5.97 Å². The third kappa shape index (κ3) is 10.2. The molecule has 4 aromatic rings. The molecule has 2 amide bonds.